The number of aromatic nitrogens is 2. The van der Waals surface area contributed by atoms with Crippen molar-refractivity contribution in [3.63, 3.8) is 0 Å². The van der Waals surface area contributed by atoms with Crippen LogP contribution in [0.25, 0.3) is 5.69 Å². The van der Waals surface area contributed by atoms with Gasteiger partial charge in [-0.25, -0.2) is 4.68 Å². The molecular weight excluding hydrogens is 509 g/mol. The Bertz CT molecular complexity index is 1490. The molecule has 6 rings (SSSR count). The van der Waals surface area contributed by atoms with Crippen molar-refractivity contribution in [1.82, 2.24) is 20.0 Å². The first-order chi connectivity index (χ1) is 18.8. The van der Waals surface area contributed by atoms with Crippen LogP contribution in [0.1, 0.15) is 26.4 Å². The molecule has 2 atom stereocenters. The molecule has 0 bridgehead atoms. The van der Waals surface area contributed by atoms with Gasteiger partial charge in [0, 0.05) is 36.5 Å². The topological polar surface area (TPSA) is 76.5 Å². The number of likely N-dealkylation sites (tertiary alicyclic amines) is 1. The number of alkyl halides is 3. The molecule has 1 aliphatic carbocycles. The molecule has 2 amide bonds. The highest BCUT2D eigenvalue weighted by Gasteiger charge is 2.57. The molecule has 3 aromatic carbocycles. The maximum atomic E-state index is 13.0. The summed E-state index contributed by atoms with van der Waals surface area (Å²) in [5.74, 6) is 0.768. The molecule has 1 N–H and O–H groups in total. The van der Waals surface area contributed by atoms with Crippen molar-refractivity contribution in [3.05, 3.63) is 108 Å². The third-order valence-electron chi connectivity index (χ3n) is 7.17. The van der Waals surface area contributed by atoms with Crippen LogP contribution in [0.5, 0.6) is 11.5 Å². The number of halogens is 3. The minimum atomic E-state index is -4.41. The summed E-state index contributed by atoms with van der Waals surface area (Å²) in [5.41, 5.74) is 0.998. The van der Waals surface area contributed by atoms with Crippen LogP contribution in [0.2, 0.25) is 0 Å². The average molecular weight is 533 g/mol. The molecule has 2 heterocycles. The van der Waals surface area contributed by atoms with Crippen molar-refractivity contribution in [2.75, 3.05) is 13.1 Å². The zero-order valence-corrected chi connectivity index (χ0v) is 20.5. The van der Waals surface area contributed by atoms with E-state index in [0.29, 0.717) is 30.1 Å². The number of nitrogens with one attached hydrogen (secondary N) is 1. The fourth-order valence-corrected chi connectivity index (χ4v) is 5.08. The summed E-state index contributed by atoms with van der Waals surface area (Å²) in [6, 6.07) is 22.0. The number of rotatable bonds is 6. The van der Waals surface area contributed by atoms with Gasteiger partial charge in [-0.2, -0.15) is 18.3 Å². The predicted octanol–water partition coefficient (Wildman–Crippen LogP) is 5.18. The molecule has 2 fully saturated rings. The molecule has 1 aromatic heterocycles. The number of nitrogens with zero attached hydrogens (tertiary/aromatic N) is 3. The van der Waals surface area contributed by atoms with Crippen LogP contribution >= 0.6 is 0 Å². The summed E-state index contributed by atoms with van der Waals surface area (Å²) in [6.07, 6.45) is -2.82. The summed E-state index contributed by atoms with van der Waals surface area (Å²) in [4.78, 5) is 27.7. The van der Waals surface area contributed by atoms with Crippen LogP contribution in [0.15, 0.2) is 91.1 Å². The number of ether oxygens (including phenoxy) is 1. The second-order valence-electron chi connectivity index (χ2n) is 9.65. The van der Waals surface area contributed by atoms with E-state index < -0.39 is 11.7 Å². The van der Waals surface area contributed by atoms with Gasteiger partial charge in [0.2, 0.25) is 0 Å². The Morgan fingerprint density at radius 1 is 0.846 bits per heavy atom. The lowest BCUT2D eigenvalue weighted by Gasteiger charge is -2.20. The third kappa shape index (κ3) is 4.97. The number of carbonyl (C=O) groups is 2. The van der Waals surface area contributed by atoms with Gasteiger partial charge in [-0.1, -0.05) is 18.2 Å². The first-order valence-electron chi connectivity index (χ1n) is 12.4. The number of fused-ring (bicyclic) bond motifs is 1. The van der Waals surface area contributed by atoms with E-state index in [1.165, 1.54) is 12.1 Å². The van der Waals surface area contributed by atoms with Gasteiger partial charge in [0.25, 0.3) is 11.8 Å². The minimum absolute atomic E-state index is 0.0141. The number of para-hydroxylation sites is 1. The molecule has 0 radical (unpaired) electrons. The number of benzene rings is 3. The number of carbonyl (C=O) groups excluding carboxylic acids is 2. The standard InChI is InChI=1S/C29H23F3N4O3/c30-29(31,32)19-8-12-22(13-9-19)39-21-10-6-18(7-11-21)28(38)35-16-23-24(17-35)26(23)34-27(37)25-14-15-33-36(25)20-4-2-1-3-5-20/h1-15,23-24,26H,16-17H2,(H,34,37)/t23-,24-/m1/s1. The van der Waals surface area contributed by atoms with E-state index in [4.69, 9.17) is 4.74 Å². The molecule has 0 spiro atoms. The van der Waals surface area contributed by atoms with Gasteiger partial charge in [-0.3, -0.25) is 9.59 Å². The Balaban J connectivity index is 1.02. The lowest BCUT2D eigenvalue weighted by molar-refractivity contribution is -0.137. The second kappa shape index (κ2) is 9.61. The van der Waals surface area contributed by atoms with Crippen molar-refractivity contribution in [2.45, 2.75) is 12.2 Å². The molecule has 10 heteroatoms. The highest BCUT2D eigenvalue weighted by atomic mass is 19.4. The molecule has 1 saturated carbocycles. The summed E-state index contributed by atoms with van der Waals surface area (Å²) in [6.45, 7) is 1.10. The first-order valence-corrected chi connectivity index (χ1v) is 12.4. The fraction of sp³-hybridized carbons (Fsp3) is 0.207. The predicted molar refractivity (Wildman–Crippen MR) is 136 cm³/mol. The van der Waals surface area contributed by atoms with Crippen LogP contribution in [0, 0.1) is 11.8 Å². The zero-order valence-electron chi connectivity index (χ0n) is 20.5. The number of amides is 2. The van der Waals surface area contributed by atoms with Crippen LogP contribution in [-0.4, -0.2) is 45.6 Å². The molecular formula is C29H23F3N4O3. The molecule has 1 aliphatic heterocycles. The van der Waals surface area contributed by atoms with Gasteiger partial charge >= 0.3 is 6.18 Å². The quantitative estimate of drug-likeness (QED) is 0.371. The molecule has 4 aromatic rings. The Labute approximate surface area is 221 Å². The van der Waals surface area contributed by atoms with E-state index in [0.717, 1.165) is 17.8 Å². The smallest absolute Gasteiger partial charge is 0.416 e. The van der Waals surface area contributed by atoms with Gasteiger partial charge in [0.15, 0.2) is 0 Å². The fourth-order valence-electron chi connectivity index (χ4n) is 5.08. The normalized spacial score (nSPS) is 19.9. The maximum Gasteiger partial charge on any atom is 0.416 e. The van der Waals surface area contributed by atoms with Gasteiger partial charge in [0.05, 0.1) is 17.4 Å². The van der Waals surface area contributed by atoms with Crippen molar-refractivity contribution in [3.8, 4) is 17.2 Å². The number of piperidine rings is 1. The van der Waals surface area contributed by atoms with Gasteiger partial charge in [-0.05, 0) is 66.7 Å². The van der Waals surface area contributed by atoms with Gasteiger partial charge < -0.3 is 15.0 Å². The van der Waals surface area contributed by atoms with Crippen molar-refractivity contribution >= 4 is 11.8 Å². The number of hydrogen-bond donors (Lipinski definition) is 1. The van der Waals surface area contributed by atoms with E-state index in [9.17, 15) is 22.8 Å². The second-order valence-corrected chi connectivity index (χ2v) is 9.65. The molecule has 1 saturated heterocycles. The van der Waals surface area contributed by atoms with Crippen LogP contribution in [-0.2, 0) is 6.18 Å². The Morgan fingerprint density at radius 3 is 2.08 bits per heavy atom. The average Bonchev–Trinajstić information content (AvgIpc) is 3.31. The van der Waals surface area contributed by atoms with E-state index in [1.54, 1.807) is 46.1 Å². The van der Waals surface area contributed by atoms with Crippen LogP contribution in [0.4, 0.5) is 13.2 Å². The molecule has 7 nitrogen and oxygen atoms in total. The SMILES string of the molecule is O=C(NC1[C@@H]2CN(C(=O)c3ccc(Oc4ccc(C(F)(F)F)cc4)cc3)C[C@@H]12)c1ccnn1-c1ccccc1. The lowest BCUT2D eigenvalue weighted by Crippen LogP contribution is -2.38. The number of hydrogen-bond acceptors (Lipinski definition) is 4. The highest BCUT2D eigenvalue weighted by Crippen LogP contribution is 2.46. The van der Waals surface area contributed by atoms with E-state index in [1.807, 2.05) is 30.3 Å². The first kappa shape index (κ1) is 24.7. The minimum Gasteiger partial charge on any atom is -0.457 e. The molecule has 2 aliphatic rings. The van der Waals surface area contributed by atoms with E-state index in [2.05, 4.69) is 10.4 Å². The van der Waals surface area contributed by atoms with Crippen molar-refractivity contribution in [1.29, 1.82) is 0 Å². The summed E-state index contributed by atoms with van der Waals surface area (Å²) < 4.78 is 45.4. The molecule has 0 unspecified atom stereocenters. The Morgan fingerprint density at radius 2 is 1.46 bits per heavy atom. The van der Waals surface area contributed by atoms with Gasteiger partial charge in [0.1, 0.15) is 17.2 Å². The maximum absolute atomic E-state index is 13.0. The zero-order chi connectivity index (χ0) is 27.1. The Hall–Kier alpha value is -4.60. The van der Waals surface area contributed by atoms with Crippen molar-refractivity contribution < 1.29 is 27.5 Å². The van der Waals surface area contributed by atoms with Crippen molar-refractivity contribution in [2.24, 2.45) is 11.8 Å². The summed E-state index contributed by atoms with van der Waals surface area (Å²) in [5, 5.41) is 7.36. The van der Waals surface area contributed by atoms with Gasteiger partial charge in [-0.15, -0.1) is 0 Å². The largest absolute Gasteiger partial charge is 0.457 e. The summed E-state index contributed by atoms with van der Waals surface area (Å²) >= 11 is 0. The Kier molecular flexibility index (Phi) is 6.09. The van der Waals surface area contributed by atoms with E-state index >= 15 is 0 Å². The monoisotopic (exact) mass is 532 g/mol. The molecule has 39 heavy (non-hydrogen) atoms. The lowest BCUT2D eigenvalue weighted by atomic mass is 10.2. The van der Waals surface area contributed by atoms with Crippen LogP contribution in [0.3, 0.4) is 0 Å². The van der Waals surface area contributed by atoms with Crippen LogP contribution < -0.4 is 10.1 Å². The third-order valence-corrected chi connectivity index (χ3v) is 7.17. The molecule has 198 valence electrons. The van der Waals surface area contributed by atoms with E-state index in [-0.39, 0.29) is 35.4 Å². The summed E-state index contributed by atoms with van der Waals surface area (Å²) in [7, 11) is 0. The highest BCUT2D eigenvalue weighted by molar-refractivity contribution is 5.95.